The van der Waals surface area contributed by atoms with Crippen LogP contribution in [0.25, 0.3) is 0 Å². The Morgan fingerprint density at radius 2 is 1.59 bits per heavy atom. The third kappa shape index (κ3) is 7.96. The van der Waals surface area contributed by atoms with Gasteiger partial charge in [-0.15, -0.1) is 0 Å². The average Bonchev–Trinajstić information content (AvgIpc) is 2.14. The Morgan fingerprint density at radius 3 is 2.00 bits per heavy atom. The molecule has 0 aliphatic carbocycles. The first-order valence-corrected chi connectivity index (χ1v) is 14.2. The van der Waals surface area contributed by atoms with Crippen molar-refractivity contribution in [2.75, 3.05) is 14.2 Å². The van der Waals surface area contributed by atoms with Crippen LogP contribution in [0, 0.1) is 0 Å². The molecular formula is C7H22O6Si4. The summed E-state index contributed by atoms with van der Waals surface area (Å²) < 4.78 is 37.9. The summed E-state index contributed by atoms with van der Waals surface area (Å²) in [7, 11) is -5.85. The van der Waals surface area contributed by atoms with Gasteiger partial charge in [0.25, 0.3) is 0 Å². The van der Waals surface area contributed by atoms with Crippen LogP contribution >= 0.6 is 0 Å². The summed E-state index contributed by atoms with van der Waals surface area (Å²) >= 11 is 0. The van der Waals surface area contributed by atoms with Gasteiger partial charge in [-0.1, -0.05) is 0 Å². The van der Waals surface area contributed by atoms with Gasteiger partial charge in [0.05, 0.1) is 7.11 Å². The molecule has 0 aliphatic heterocycles. The van der Waals surface area contributed by atoms with Crippen LogP contribution in [-0.2, 0) is 25.7 Å². The van der Waals surface area contributed by atoms with Gasteiger partial charge in [0.2, 0.25) is 0 Å². The minimum atomic E-state index is -2.41. The highest BCUT2D eigenvalue weighted by molar-refractivity contribution is 6.81. The van der Waals surface area contributed by atoms with Gasteiger partial charge < -0.3 is 21.2 Å². The Labute approximate surface area is 108 Å². The van der Waals surface area contributed by atoms with E-state index in [1.807, 2.05) is 26.2 Å². The number of rotatable bonds is 8. The molecule has 0 radical (unpaired) electrons. The van der Waals surface area contributed by atoms with Crippen molar-refractivity contribution in [3.63, 3.8) is 0 Å². The Hall–Kier alpha value is 0.148. The summed E-state index contributed by atoms with van der Waals surface area (Å²) in [5.41, 5.74) is 0. The maximum absolute atomic E-state index is 11.1. The lowest BCUT2D eigenvalue weighted by atomic mass is 11.8. The van der Waals surface area contributed by atoms with Crippen molar-refractivity contribution in [1.82, 2.24) is 0 Å². The lowest BCUT2D eigenvalue weighted by molar-refractivity contribution is 0.247. The fraction of sp³-hybridized carbons (Fsp3) is 1.00. The van der Waals surface area contributed by atoms with Crippen LogP contribution in [0.3, 0.4) is 0 Å². The van der Waals surface area contributed by atoms with Crippen molar-refractivity contribution in [2.45, 2.75) is 32.7 Å². The summed E-state index contributed by atoms with van der Waals surface area (Å²) in [6.07, 6.45) is 0. The van der Waals surface area contributed by atoms with Crippen LogP contribution in [0.15, 0.2) is 0 Å². The first kappa shape index (κ1) is 17.1. The smallest absolute Gasteiger partial charge is 0.533 e. The van der Waals surface area contributed by atoms with E-state index in [1.165, 1.54) is 7.11 Å². The van der Waals surface area contributed by atoms with Crippen LogP contribution in [0.4, 0.5) is 0 Å². The van der Waals surface area contributed by atoms with Gasteiger partial charge in [-0.05, 0) is 32.7 Å². The summed E-state index contributed by atoms with van der Waals surface area (Å²) in [5.74, 6) is 0. The summed E-state index contributed by atoms with van der Waals surface area (Å²) in [4.78, 5) is 0. The van der Waals surface area contributed by atoms with Crippen molar-refractivity contribution < 1.29 is 25.7 Å². The molecule has 1 unspecified atom stereocenters. The monoisotopic (exact) mass is 314 g/mol. The quantitative estimate of drug-likeness (QED) is 0.623. The minimum Gasteiger partial charge on any atom is -0.533 e. The van der Waals surface area contributed by atoms with E-state index in [2.05, 4.69) is 4.43 Å². The largest absolute Gasteiger partial charge is 0.753 e. The number of hydrogen-bond acceptors (Lipinski definition) is 6. The van der Waals surface area contributed by atoms with E-state index in [9.17, 15) is 4.46 Å². The SMILES string of the molecule is CO[Si](=O)O[SiH](C)O[Si](C)(C)O[Si](C)(C)OC. The van der Waals surface area contributed by atoms with Crippen molar-refractivity contribution >= 4 is 35.6 Å². The molecule has 0 aliphatic rings. The van der Waals surface area contributed by atoms with Gasteiger partial charge in [0.15, 0.2) is 0 Å². The molecule has 6 nitrogen and oxygen atoms in total. The molecule has 0 N–H and O–H groups in total. The van der Waals surface area contributed by atoms with Crippen LogP contribution in [0.5, 0.6) is 0 Å². The van der Waals surface area contributed by atoms with E-state index >= 15 is 0 Å². The Kier molecular flexibility index (Phi) is 6.97. The van der Waals surface area contributed by atoms with E-state index < -0.39 is 35.6 Å². The number of hydrogen-bond donors (Lipinski definition) is 0. The van der Waals surface area contributed by atoms with E-state index in [0.717, 1.165) is 0 Å². The molecule has 0 aromatic heterocycles. The first-order valence-electron chi connectivity index (χ1n) is 5.29. The third-order valence-corrected chi connectivity index (χ3v) is 12.8. The van der Waals surface area contributed by atoms with Gasteiger partial charge >= 0.3 is 35.6 Å². The van der Waals surface area contributed by atoms with Crippen molar-refractivity contribution in [1.29, 1.82) is 0 Å². The second-order valence-corrected chi connectivity index (χ2v) is 15.1. The fourth-order valence-electron chi connectivity index (χ4n) is 1.27. The minimum absolute atomic E-state index is 1.35. The zero-order valence-electron chi connectivity index (χ0n) is 11.5. The molecular weight excluding hydrogens is 292 g/mol. The molecule has 0 aromatic rings. The normalized spacial score (nSPS) is 14.3. The predicted octanol–water partition coefficient (Wildman–Crippen LogP) is 0.998. The second-order valence-electron chi connectivity index (χ2n) is 4.36. The molecule has 0 bridgehead atoms. The molecule has 102 valence electrons. The first-order chi connectivity index (χ1) is 7.62. The lowest BCUT2D eigenvalue weighted by Gasteiger charge is -2.33. The van der Waals surface area contributed by atoms with E-state index in [0.29, 0.717) is 0 Å². The molecule has 0 saturated carbocycles. The zero-order valence-corrected chi connectivity index (χ0v) is 15.7. The van der Waals surface area contributed by atoms with Gasteiger partial charge in [-0.3, -0.25) is 4.46 Å². The average molecular weight is 315 g/mol. The van der Waals surface area contributed by atoms with Crippen LogP contribution in [-0.4, -0.2) is 49.8 Å². The maximum Gasteiger partial charge on any atom is 0.753 e. The van der Waals surface area contributed by atoms with Gasteiger partial charge in [-0.2, -0.15) is 0 Å². The second kappa shape index (κ2) is 6.91. The van der Waals surface area contributed by atoms with Crippen molar-refractivity contribution in [3.8, 4) is 0 Å². The third-order valence-electron chi connectivity index (χ3n) is 1.86. The molecule has 0 amide bonds. The van der Waals surface area contributed by atoms with Gasteiger partial charge in [0.1, 0.15) is 0 Å². The highest BCUT2D eigenvalue weighted by atomic mass is 28.5. The summed E-state index contributed by atoms with van der Waals surface area (Å²) in [6, 6.07) is 0. The molecule has 10 heteroatoms. The molecule has 1 atom stereocenters. The predicted molar refractivity (Wildman–Crippen MR) is 71.7 cm³/mol. The molecule has 0 rings (SSSR count). The van der Waals surface area contributed by atoms with E-state index in [4.69, 9.17) is 16.8 Å². The topological polar surface area (TPSA) is 63.2 Å². The summed E-state index contributed by atoms with van der Waals surface area (Å²) in [5, 5.41) is 0. The van der Waals surface area contributed by atoms with Crippen LogP contribution in [0.2, 0.25) is 32.7 Å². The summed E-state index contributed by atoms with van der Waals surface area (Å²) in [6.45, 7) is 9.57. The zero-order chi connectivity index (χ0) is 13.7. The Bertz CT molecular complexity index is 259. The molecule has 0 spiro atoms. The maximum atomic E-state index is 11.1. The highest BCUT2D eigenvalue weighted by Crippen LogP contribution is 2.17. The Balaban J connectivity index is 4.29. The van der Waals surface area contributed by atoms with Crippen molar-refractivity contribution in [3.05, 3.63) is 0 Å². The molecule has 0 saturated heterocycles. The highest BCUT2D eigenvalue weighted by Gasteiger charge is 2.37. The van der Waals surface area contributed by atoms with Gasteiger partial charge in [0, 0.05) is 7.11 Å². The Morgan fingerprint density at radius 1 is 1.06 bits per heavy atom. The molecule has 17 heavy (non-hydrogen) atoms. The lowest BCUT2D eigenvalue weighted by Crippen LogP contribution is -2.50. The molecule has 0 heterocycles. The molecule has 0 aromatic carbocycles. The molecule has 0 fully saturated rings. The van der Waals surface area contributed by atoms with E-state index in [1.54, 1.807) is 13.7 Å². The van der Waals surface area contributed by atoms with Gasteiger partial charge in [-0.25, -0.2) is 0 Å². The van der Waals surface area contributed by atoms with E-state index in [-0.39, 0.29) is 0 Å². The standard InChI is InChI=1S/C7H22O6Si4/c1-9-15(8)11-14(3)12-17(6,7)13-16(4,5)10-2/h14H,1-7H3. The van der Waals surface area contributed by atoms with Crippen LogP contribution < -0.4 is 0 Å². The van der Waals surface area contributed by atoms with Crippen LogP contribution in [0.1, 0.15) is 0 Å². The van der Waals surface area contributed by atoms with Crippen molar-refractivity contribution in [2.24, 2.45) is 0 Å². The fourth-order valence-corrected chi connectivity index (χ4v) is 12.3.